The smallest absolute Gasteiger partial charge is 0.323 e. The van der Waals surface area contributed by atoms with Crippen molar-refractivity contribution in [3.05, 3.63) is 63.1 Å². The van der Waals surface area contributed by atoms with Crippen LogP contribution in [0.1, 0.15) is 11.1 Å². The Kier molecular flexibility index (Phi) is 5.42. The summed E-state index contributed by atoms with van der Waals surface area (Å²) in [5.74, 6) is -1.68. The van der Waals surface area contributed by atoms with E-state index in [2.05, 4.69) is 26.2 Å². The van der Waals surface area contributed by atoms with Crippen LogP contribution in [0, 0.1) is 0 Å². The molecular formula is C17H11BrCl2N2O3. The maximum absolute atomic E-state index is 12.4. The number of hydrogen-bond acceptors (Lipinski definition) is 4. The van der Waals surface area contributed by atoms with Crippen LogP contribution in [-0.2, 0) is 14.3 Å². The number of benzodiazepines with no additional fused rings is 1. The summed E-state index contributed by atoms with van der Waals surface area (Å²) in [4.78, 5) is 28.3. The number of carbonyl (C=O) groups is 2. The fourth-order valence-electron chi connectivity index (χ4n) is 2.37. The Labute approximate surface area is 162 Å². The SMILES string of the molecule is O=C(CCl)OC1N=C(c2ccccc2Cl)c2cc(Br)ccc2NC1=O. The number of ether oxygens (including phenoxy) is 1. The third kappa shape index (κ3) is 3.86. The molecular weight excluding hydrogens is 431 g/mol. The van der Waals surface area contributed by atoms with Gasteiger partial charge in [0.2, 0.25) is 0 Å². The number of anilines is 1. The molecule has 1 unspecified atom stereocenters. The molecule has 0 spiro atoms. The molecule has 1 aliphatic heterocycles. The molecule has 2 aromatic carbocycles. The molecule has 25 heavy (non-hydrogen) atoms. The molecule has 0 saturated heterocycles. The highest BCUT2D eigenvalue weighted by Gasteiger charge is 2.29. The lowest BCUT2D eigenvalue weighted by molar-refractivity contribution is -0.151. The summed E-state index contributed by atoms with van der Waals surface area (Å²) < 4.78 is 5.86. The first-order valence-corrected chi connectivity index (χ1v) is 8.89. The molecule has 8 heteroatoms. The maximum atomic E-state index is 12.4. The Morgan fingerprint density at radius 2 is 2.00 bits per heavy atom. The van der Waals surface area contributed by atoms with Gasteiger partial charge in [-0.25, -0.2) is 4.99 Å². The Balaban J connectivity index is 2.19. The van der Waals surface area contributed by atoms with E-state index in [-0.39, 0.29) is 5.88 Å². The van der Waals surface area contributed by atoms with Gasteiger partial charge in [0.05, 0.1) is 11.4 Å². The van der Waals surface area contributed by atoms with Crippen molar-refractivity contribution in [1.82, 2.24) is 0 Å². The molecule has 2 aromatic rings. The number of rotatable bonds is 3. The van der Waals surface area contributed by atoms with Gasteiger partial charge in [0, 0.05) is 20.6 Å². The van der Waals surface area contributed by atoms with Gasteiger partial charge in [-0.3, -0.25) is 9.59 Å². The summed E-state index contributed by atoms with van der Waals surface area (Å²) >= 11 is 15.2. The van der Waals surface area contributed by atoms with E-state index in [1.54, 1.807) is 36.4 Å². The number of halogens is 3. The minimum absolute atomic E-state index is 0.376. The van der Waals surface area contributed by atoms with Crippen molar-refractivity contribution >= 4 is 62.4 Å². The van der Waals surface area contributed by atoms with Gasteiger partial charge in [0.1, 0.15) is 5.88 Å². The van der Waals surface area contributed by atoms with E-state index in [4.69, 9.17) is 27.9 Å². The minimum Gasteiger partial charge on any atom is -0.429 e. The number of esters is 1. The number of amides is 1. The number of carbonyl (C=O) groups excluding carboxylic acids is 2. The molecule has 3 rings (SSSR count). The molecule has 128 valence electrons. The van der Waals surface area contributed by atoms with Crippen molar-refractivity contribution < 1.29 is 14.3 Å². The van der Waals surface area contributed by atoms with Crippen LogP contribution >= 0.6 is 39.1 Å². The highest BCUT2D eigenvalue weighted by molar-refractivity contribution is 9.10. The first-order chi connectivity index (χ1) is 12.0. The standard InChI is InChI=1S/C17H11BrCl2N2O3/c18-9-5-6-13-11(7-9)15(10-3-1-2-4-12(10)20)22-17(16(24)21-13)25-14(23)8-19/h1-7,17H,8H2,(H,21,24). The van der Waals surface area contributed by atoms with E-state index in [0.29, 0.717) is 27.5 Å². The average Bonchev–Trinajstić information content (AvgIpc) is 2.72. The minimum atomic E-state index is -1.36. The largest absolute Gasteiger partial charge is 0.429 e. The summed E-state index contributed by atoms with van der Waals surface area (Å²) in [6.45, 7) is 0. The number of nitrogens with one attached hydrogen (secondary N) is 1. The number of hydrogen-bond donors (Lipinski definition) is 1. The zero-order valence-electron chi connectivity index (χ0n) is 12.6. The van der Waals surface area contributed by atoms with Crippen molar-refractivity contribution in [1.29, 1.82) is 0 Å². The fourth-order valence-corrected chi connectivity index (χ4v) is 3.01. The van der Waals surface area contributed by atoms with E-state index >= 15 is 0 Å². The number of fused-ring (bicyclic) bond motifs is 1. The third-order valence-corrected chi connectivity index (χ3v) is 4.49. The Morgan fingerprint density at radius 3 is 2.72 bits per heavy atom. The third-order valence-electron chi connectivity index (χ3n) is 3.45. The molecule has 0 radical (unpaired) electrons. The van der Waals surface area contributed by atoms with Crippen LogP contribution in [0.15, 0.2) is 51.9 Å². The van der Waals surface area contributed by atoms with Crippen LogP contribution in [0.3, 0.4) is 0 Å². The van der Waals surface area contributed by atoms with Crippen molar-refractivity contribution in [3.63, 3.8) is 0 Å². The molecule has 1 aliphatic rings. The van der Waals surface area contributed by atoms with E-state index < -0.39 is 18.1 Å². The predicted octanol–water partition coefficient (Wildman–Crippen LogP) is 4.00. The quantitative estimate of drug-likeness (QED) is 0.578. The summed E-state index contributed by atoms with van der Waals surface area (Å²) in [5, 5.41) is 3.17. The van der Waals surface area contributed by atoms with E-state index in [1.165, 1.54) is 0 Å². The van der Waals surface area contributed by atoms with E-state index in [0.717, 1.165) is 4.47 Å². The first kappa shape index (κ1) is 17.9. The van der Waals surface area contributed by atoms with Crippen molar-refractivity contribution in [2.24, 2.45) is 4.99 Å². The van der Waals surface area contributed by atoms with Crippen LogP contribution in [0.2, 0.25) is 5.02 Å². The Hall–Kier alpha value is -1.89. The van der Waals surface area contributed by atoms with Gasteiger partial charge in [-0.05, 0) is 24.3 Å². The monoisotopic (exact) mass is 440 g/mol. The van der Waals surface area contributed by atoms with Crippen molar-refractivity contribution in [3.8, 4) is 0 Å². The van der Waals surface area contributed by atoms with Crippen LogP contribution in [0.4, 0.5) is 5.69 Å². The molecule has 0 aromatic heterocycles. The first-order valence-electron chi connectivity index (χ1n) is 7.18. The molecule has 0 saturated carbocycles. The highest BCUT2D eigenvalue weighted by atomic mass is 79.9. The van der Waals surface area contributed by atoms with Crippen LogP contribution in [-0.4, -0.2) is 29.7 Å². The van der Waals surface area contributed by atoms with E-state index in [1.807, 2.05) is 6.07 Å². The molecule has 1 heterocycles. The fraction of sp³-hybridized carbons (Fsp3) is 0.118. The zero-order chi connectivity index (χ0) is 18.0. The van der Waals surface area contributed by atoms with Crippen LogP contribution in [0.5, 0.6) is 0 Å². The topological polar surface area (TPSA) is 67.8 Å². The molecule has 1 N–H and O–H groups in total. The highest BCUT2D eigenvalue weighted by Crippen LogP contribution is 2.30. The number of aliphatic imine (C=N–C) groups is 1. The van der Waals surface area contributed by atoms with Gasteiger partial charge in [0.15, 0.2) is 0 Å². The predicted molar refractivity (Wildman–Crippen MR) is 100 cm³/mol. The molecule has 0 fully saturated rings. The summed E-state index contributed by atoms with van der Waals surface area (Å²) in [7, 11) is 0. The molecule has 0 bridgehead atoms. The number of benzene rings is 2. The normalized spacial score (nSPS) is 16.4. The number of alkyl halides is 1. The van der Waals surface area contributed by atoms with Crippen molar-refractivity contribution in [2.45, 2.75) is 6.23 Å². The lowest BCUT2D eigenvalue weighted by Gasteiger charge is -2.12. The Bertz CT molecular complexity index is 886. The Morgan fingerprint density at radius 1 is 1.24 bits per heavy atom. The van der Waals surface area contributed by atoms with Crippen LogP contribution in [0.25, 0.3) is 0 Å². The summed E-state index contributed by atoms with van der Waals surface area (Å²) in [5.41, 5.74) is 2.25. The zero-order valence-corrected chi connectivity index (χ0v) is 15.7. The van der Waals surface area contributed by atoms with Gasteiger partial charge >= 0.3 is 5.97 Å². The van der Waals surface area contributed by atoms with Crippen molar-refractivity contribution in [2.75, 3.05) is 11.2 Å². The summed E-state index contributed by atoms with van der Waals surface area (Å²) in [6, 6.07) is 12.4. The van der Waals surface area contributed by atoms with Gasteiger partial charge in [0.25, 0.3) is 12.1 Å². The molecule has 5 nitrogen and oxygen atoms in total. The lowest BCUT2D eigenvalue weighted by atomic mass is 10.0. The van der Waals surface area contributed by atoms with Gasteiger partial charge in [-0.15, -0.1) is 11.6 Å². The second kappa shape index (κ2) is 7.56. The number of nitrogens with zero attached hydrogens (tertiary/aromatic N) is 1. The van der Waals surface area contributed by atoms with E-state index in [9.17, 15) is 9.59 Å². The van der Waals surface area contributed by atoms with Gasteiger partial charge in [-0.1, -0.05) is 45.7 Å². The van der Waals surface area contributed by atoms with Gasteiger partial charge < -0.3 is 10.1 Å². The lowest BCUT2D eigenvalue weighted by Crippen LogP contribution is -2.30. The second-order valence-electron chi connectivity index (χ2n) is 5.11. The van der Waals surface area contributed by atoms with Crippen LogP contribution < -0.4 is 5.32 Å². The maximum Gasteiger partial charge on any atom is 0.323 e. The van der Waals surface area contributed by atoms with Gasteiger partial charge in [-0.2, -0.15) is 0 Å². The molecule has 0 aliphatic carbocycles. The molecule has 1 amide bonds. The molecule has 1 atom stereocenters. The average molecular weight is 442 g/mol. The second-order valence-corrected chi connectivity index (χ2v) is 6.70. The summed E-state index contributed by atoms with van der Waals surface area (Å²) in [6.07, 6.45) is -1.36.